The van der Waals surface area contributed by atoms with Crippen molar-refractivity contribution in [1.29, 1.82) is 0 Å². The maximum absolute atomic E-state index is 8.99. The van der Waals surface area contributed by atoms with Gasteiger partial charge in [-0.15, -0.1) is 0 Å². The van der Waals surface area contributed by atoms with E-state index in [0.717, 1.165) is 89.5 Å². The molecule has 0 aromatic carbocycles. The van der Waals surface area contributed by atoms with E-state index in [0.29, 0.717) is 26.8 Å². The van der Waals surface area contributed by atoms with Crippen LogP contribution in [0.25, 0.3) is 0 Å². The number of aliphatic hydroxyl groups excluding tert-OH is 2. The molecule has 0 amide bonds. The Morgan fingerprint density at radius 3 is 1.27 bits per heavy atom. The fourth-order valence-corrected chi connectivity index (χ4v) is 8.25. The lowest BCUT2D eigenvalue weighted by molar-refractivity contribution is -0.146. The van der Waals surface area contributed by atoms with Gasteiger partial charge in [-0.2, -0.15) is 0 Å². The van der Waals surface area contributed by atoms with Gasteiger partial charge in [-0.1, -0.05) is 115 Å². The van der Waals surface area contributed by atoms with Crippen molar-refractivity contribution in [2.45, 2.75) is 204 Å². The third-order valence-corrected chi connectivity index (χ3v) is 13.6. The zero-order valence-electron chi connectivity index (χ0n) is 34.5. The second kappa shape index (κ2) is 28.9. The van der Waals surface area contributed by atoms with Crippen molar-refractivity contribution in [3.05, 3.63) is 24.3 Å². The first-order valence-corrected chi connectivity index (χ1v) is 28.7. The molecule has 0 saturated carbocycles. The molecule has 2 saturated heterocycles. The predicted octanol–water partition coefficient (Wildman–Crippen LogP) is 10.0. The Labute approximate surface area is 321 Å². The lowest BCUT2D eigenvalue weighted by Crippen LogP contribution is -2.34. The number of aliphatic hydroxyl groups is 2. The fourth-order valence-electron chi connectivity index (χ4n) is 6.73. The number of unbranched alkanes of at least 4 members (excludes halogenated alkanes) is 12. The van der Waals surface area contributed by atoms with Crippen LogP contribution in [0, 0.1) is 0 Å². The molecule has 8 nitrogen and oxygen atoms in total. The van der Waals surface area contributed by atoms with Gasteiger partial charge >= 0.3 is 0 Å². The van der Waals surface area contributed by atoms with Crippen LogP contribution in [-0.4, -0.2) is 103 Å². The van der Waals surface area contributed by atoms with Crippen LogP contribution in [0.1, 0.15) is 116 Å². The molecule has 2 aliphatic heterocycles. The van der Waals surface area contributed by atoms with E-state index < -0.39 is 16.1 Å². The van der Waals surface area contributed by atoms with E-state index >= 15 is 0 Å². The molecule has 0 aromatic heterocycles. The summed E-state index contributed by atoms with van der Waals surface area (Å²) in [7, 11) is -2.30. The Kier molecular flexibility index (Phi) is 26.6. The molecule has 306 valence electrons. The molecule has 2 heterocycles. The smallest absolute Gasteiger partial charge is 0.147 e. The first-order valence-electron chi connectivity index (χ1n) is 21.3. The zero-order valence-corrected chi connectivity index (χ0v) is 36.5. The Morgan fingerprint density at radius 1 is 0.538 bits per heavy atom. The molecule has 10 heteroatoms. The summed E-state index contributed by atoms with van der Waals surface area (Å²) < 4.78 is 38.0. The maximum atomic E-state index is 8.99. The van der Waals surface area contributed by atoms with Crippen molar-refractivity contribution in [3.8, 4) is 0 Å². The fraction of sp³-hybridized carbons (Fsp3) is 0.905. The highest BCUT2D eigenvalue weighted by atomic mass is 28.3. The summed E-state index contributed by atoms with van der Waals surface area (Å²) in [6.07, 6.45) is 28.5. The molecule has 6 atom stereocenters. The minimum atomic E-state index is -1.15. The molecule has 2 rings (SSSR count). The van der Waals surface area contributed by atoms with Gasteiger partial charge in [-0.3, -0.25) is 0 Å². The highest BCUT2D eigenvalue weighted by molar-refractivity contribution is 6.76. The van der Waals surface area contributed by atoms with Crippen molar-refractivity contribution >= 4 is 16.1 Å². The Bertz CT molecular complexity index is 833. The van der Waals surface area contributed by atoms with Crippen LogP contribution in [0.3, 0.4) is 0 Å². The van der Waals surface area contributed by atoms with Crippen molar-refractivity contribution in [2.75, 3.05) is 40.0 Å². The van der Waals surface area contributed by atoms with Crippen molar-refractivity contribution in [2.24, 2.45) is 0 Å². The number of hydrogen-bond acceptors (Lipinski definition) is 8. The average molecular weight is 771 g/mol. The minimum Gasteiger partial charge on any atom is -0.396 e. The van der Waals surface area contributed by atoms with Crippen molar-refractivity contribution in [3.63, 3.8) is 0 Å². The highest BCUT2D eigenvalue weighted by Crippen LogP contribution is 2.35. The van der Waals surface area contributed by atoms with Gasteiger partial charge < -0.3 is 38.6 Å². The van der Waals surface area contributed by atoms with Crippen LogP contribution in [0.4, 0.5) is 0 Å². The van der Waals surface area contributed by atoms with Crippen LogP contribution < -0.4 is 0 Å². The summed E-state index contributed by atoms with van der Waals surface area (Å²) in [6.45, 7) is 16.9. The van der Waals surface area contributed by atoms with Gasteiger partial charge in [0.2, 0.25) is 0 Å². The van der Waals surface area contributed by atoms with Crippen LogP contribution >= 0.6 is 0 Å². The van der Waals surface area contributed by atoms with Gasteiger partial charge in [-0.05, 0) is 76.3 Å². The van der Waals surface area contributed by atoms with Gasteiger partial charge in [-0.25, -0.2) is 0 Å². The Balaban J connectivity index is 1.90. The third-order valence-electron chi connectivity index (χ3n) is 10.2. The second-order valence-electron chi connectivity index (χ2n) is 17.6. The van der Waals surface area contributed by atoms with Crippen LogP contribution in [0.15, 0.2) is 24.3 Å². The molecule has 0 bridgehead atoms. The zero-order chi connectivity index (χ0) is 37.9. The molecule has 52 heavy (non-hydrogen) atoms. The largest absolute Gasteiger partial charge is 0.396 e. The van der Waals surface area contributed by atoms with Gasteiger partial charge in [0, 0.05) is 42.6 Å². The molecular formula is C42H82O8Si2. The van der Waals surface area contributed by atoms with Crippen LogP contribution in [0.5, 0.6) is 0 Å². The highest BCUT2D eigenvalue weighted by Gasteiger charge is 2.41. The summed E-state index contributed by atoms with van der Waals surface area (Å²) in [6, 6.07) is 2.27. The van der Waals surface area contributed by atoms with Gasteiger partial charge in [0.15, 0.2) is 0 Å². The van der Waals surface area contributed by atoms with E-state index in [4.69, 9.17) is 38.6 Å². The molecule has 0 aliphatic carbocycles. The van der Waals surface area contributed by atoms with Crippen molar-refractivity contribution in [1.82, 2.24) is 0 Å². The van der Waals surface area contributed by atoms with Crippen molar-refractivity contribution < 1.29 is 38.6 Å². The molecule has 0 spiro atoms. The molecular weight excluding hydrogens is 689 g/mol. The van der Waals surface area contributed by atoms with Gasteiger partial charge in [0.05, 0.1) is 24.4 Å². The quantitative estimate of drug-likeness (QED) is 0.0295. The molecule has 0 unspecified atom stereocenters. The maximum Gasteiger partial charge on any atom is 0.147 e. The summed E-state index contributed by atoms with van der Waals surface area (Å²) in [5.74, 6) is 0. The van der Waals surface area contributed by atoms with E-state index in [1.165, 1.54) is 51.4 Å². The predicted molar refractivity (Wildman–Crippen MR) is 221 cm³/mol. The van der Waals surface area contributed by atoms with E-state index in [-0.39, 0.29) is 36.6 Å². The summed E-state index contributed by atoms with van der Waals surface area (Å²) in [4.78, 5) is 0. The summed E-state index contributed by atoms with van der Waals surface area (Å²) >= 11 is 0. The van der Waals surface area contributed by atoms with Gasteiger partial charge in [0.1, 0.15) is 25.8 Å². The normalized spacial score (nSPS) is 22.7. The van der Waals surface area contributed by atoms with E-state index in [9.17, 15) is 0 Å². The number of allylic oxidation sites excluding steroid dienone is 2. The topological polar surface area (TPSA) is 95.8 Å². The average Bonchev–Trinajstić information content (AvgIpc) is 3.78. The van der Waals surface area contributed by atoms with E-state index in [2.05, 4.69) is 63.6 Å². The molecule has 2 N–H and O–H groups in total. The lowest BCUT2D eigenvalue weighted by atomic mass is 10.0. The first kappa shape index (κ1) is 47.7. The van der Waals surface area contributed by atoms with E-state index in [1.807, 2.05) is 0 Å². The number of hydrogen-bond donors (Lipinski definition) is 2. The monoisotopic (exact) mass is 771 g/mol. The minimum absolute atomic E-state index is 0.00155. The Morgan fingerprint density at radius 2 is 0.904 bits per heavy atom. The summed E-state index contributed by atoms with van der Waals surface area (Å²) in [5, 5.41) is 18.0. The van der Waals surface area contributed by atoms with Crippen LogP contribution in [0.2, 0.25) is 51.4 Å². The number of rotatable bonds is 33. The van der Waals surface area contributed by atoms with E-state index in [1.54, 1.807) is 0 Å². The second-order valence-corrected chi connectivity index (χ2v) is 28.9. The molecule has 2 aliphatic rings. The SMILES string of the molecule is C[Si](C)(C)CCOCO[C@H](/C=C/CCCCCCCCO)[C@H]1CC[C@H]([C@H]2CC[C@H]([C@@H](/C=C/CCCCCCCCO)OCOCC[Si](C)(C)C)O2)O1. The molecule has 2 fully saturated rings. The third kappa shape index (κ3) is 24.2. The molecule has 0 radical (unpaired) electrons. The van der Waals surface area contributed by atoms with Gasteiger partial charge in [0.25, 0.3) is 0 Å². The molecule has 0 aromatic rings. The number of ether oxygens (including phenoxy) is 6. The first-order chi connectivity index (χ1) is 25.0. The lowest BCUT2D eigenvalue weighted by Gasteiger charge is -2.26. The van der Waals surface area contributed by atoms with Crippen LogP contribution in [-0.2, 0) is 28.4 Å². The Hall–Kier alpha value is -0.406. The summed E-state index contributed by atoms with van der Waals surface area (Å²) in [5.41, 5.74) is 0. The standard InChI is InChI=1S/C42H82O8Si2/c1-51(2,3)33-31-45-35-47-37(23-19-15-11-7-9-13-17-21-29-43)39-25-27-41(49-39)42-28-26-40(50-42)38(48-36-46-32-34-52(4,5)6)24-20-16-12-8-10-14-18-22-30-44/h19-20,23-24,37-44H,7-18,21-22,25-36H2,1-6H3/b23-19+,24-20+/t37-,38-,39-,40-,41-,42-/m1/s1.